The van der Waals surface area contributed by atoms with Crippen LogP contribution in [0.1, 0.15) is 37.5 Å². The summed E-state index contributed by atoms with van der Waals surface area (Å²) in [7, 11) is 0. The molecule has 0 spiro atoms. The zero-order chi connectivity index (χ0) is 13.5. The number of halogens is 1. The first-order chi connectivity index (χ1) is 9.81. The number of fused-ring (bicyclic) bond motifs is 1. The molecule has 2 heterocycles. The van der Waals surface area contributed by atoms with Crippen LogP contribution in [0, 0.1) is 11.7 Å². The van der Waals surface area contributed by atoms with Gasteiger partial charge in [-0.2, -0.15) is 0 Å². The van der Waals surface area contributed by atoms with Gasteiger partial charge in [0.25, 0.3) is 0 Å². The zero-order valence-electron chi connectivity index (χ0n) is 11.6. The molecule has 4 rings (SSSR count). The van der Waals surface area contributed by atoms with Crippen LogP contribution in [-0.2, 0) is 6.42 Å². The molecule has 2 aromatic rings. The first-order valence-corrected chi connectivity index (χ1v) is 7.68. The number of hydrogen-bond acceptors (Lipinski definition) is 2. The molecule has 1 aliphatic carbocycles. The number of hydrogen-bond donors (Lipinski definition) is 1. The van der Waals surface area contributed by atoms with Crippen molar-refractivity contribution in [3.8, 4) is 0 Å². The Kier molecular flexibility index (Phi) is 2.99. The lowest BCUT2D eigenvalue weighted by Gasteiger charge is -2.10. The Morgan fingerprint density at radius 2 is 2.20 bits per heavy atom. The van der Waals surface area contributed by atoms with Crippen LogP contribution in [0.15, 0.2) is 18.2 Å². The SMILES string of the molecule is Fc1ccc2c(c1)nc(CCC1CCNC1)n2C1CC1. The maximum absolute atomic E-state index is 13.4. The van der Waals surface area contributed by atoms with Crippen molar-refractivity contribution < 1.29 is 4.39 Å². The van der Waals surface area contributed by atoms with E-state index in [1.165, 1.54) is 25.7 Å². The smallest absolute Gasteiger partial charge is 0.125 e. The maximum Gasteiger partial charge on any atom is 0.125 e. The predicted molar refractivity (Wildman–Crippen MR) is 77.3 cm³/mol. The van der Waals surface area contributed by atoms with Crippen LogP contribution >= 0.6 is 0 Å². The highest BCUT2D eigenvalue weighted by molar-refractivity contribution is 5.76. The highest BCUT2D eigenvalue weighted by atomic mass is 19.1. The molecule has 1 atom stereocenters. The zero-order valence-corrected chi connectivity index (χ0v) is 11.6. The second-order valence-corrected chi connectivity index (χ2v) is 6.16. The van der Waals surface area contributed by atoms with Gasteiger partial charge < -0.3 is 9.88 Å². The summed E-state index contributed by atoms with van der Waals surface area (Å²) in [5.74, 6) is 1.74. The van der Waals surface area contributed by atoms with Gasteiger partial charge in [-0.3, -0.25) is 0 Å². The predicted octanol–water partition coefficient (Wildman–Crippen LogP) is 3.05. The minimum absolute atomic E-state index is 0.190. The maximum atomic E-state index is 13.4. The molecule has 4 heteroatoms. The Hall–Kier alpha value is -1.42. The molecule has 0 radical (unpaired) electrons. The minimum Gasteiger partial charge on any atom is -0.325 e. The summed E-state index contributed by atoms with van der Waals surface area (Å²) in [4.78, 5) is 4.70. The fraction of sp³-hybridized carbons (Fsp3) is 0.562. The average Bonchev–Trinajstić information content (AvgIpc) is 3.01. The van der Waals surface area contributed by atoms with Gasteiger partial charge in [-0.25, -0.2) is 9.37 Å². The highest BCUT2D eigenvalue weighted by Crippen LogP contribution is 2.39. The molecule has 1 aliphatic heterocycles. The quantitative estimate of drug-likeness (QED) is 0.928. The number of rotatable bonds is 4. The Morgan fingerprint density at radius 3 is 2.95 bits per heavy atom. The van der Waals surface area contributed by atoms with Crippen LogP contribution in [0.4, 0.5) is 4.39 Å². The lowest BCUT2D eigenvalue weighted by atomic mass is 10.0. The molecule has 1 N–H and O–H groups in total. The van der Waals surface area contributed by atoms with Crippen molar-refractivity contribution in [3.05, 3.63) is 29.8 Å². The minimum atomic E-state index is -0.190. The lowest BCUT2D eigenvalue weighted by molar-refractivity contribution is 0.515. The third-order valence-electron chi connectivity index (χ3n) is 4.58. The summed E-state index contributed by atoms with van der Waals surface area (Å²) >= 11 is 0. The molecule has 20 heavy (non-hydrogen) atoms. The van der Waals surface area contributed by atoms with Crippen LogP contribution in [0.5, 0.6) is 0 Å². The van der Waals surface area contributed by atoms with Gasteiger partial charge in [0.1, 0.15) is 11.6 Å². The number of benzene rings is 1. The summed E-state index contributed by atoms with van der Waals surface area (Å²) < 4.78 is 15.7. The fourth-order valence-corrected chi connectivity index (χ4v) is 3.33. The largest absolute Gasteiger partial charge is 0.325 e. The van der Waals surface area contributed by atoms with Gasteiger partial charge in [0.2, 0.25) is 0 Å². The van der Waals surface area contributed by atoms with Crippen molar-refractivity contribution in [2.75, 3.05) is 13.1 Å². The third-order valence-corrected chi connectivity index (χ3v) is 4.58. The topological polar surface area (TPSA) is 29.9 Å². The van der Waals surface area contributed by atoms with E-state index in [4.69, 9.17) is 4.98 Å². The van der Waals surface area contributed by atoms with E-state index in [1.807, 2.05) is 6.07 Å². The standard InChI is InChI=1S/C16H20FN3/c17-12-2-5-15-14(9-12)19-16(20(15)13-3-4-13)6-1-11-7-8-18-10-11/h2,5,9,11,13,18H,1,3-4,6-8,10H2. The summed E-state index contributed by atoms with van der Waals surface area (Å²) in [6.45, 7) is 2.28. The van der Waals surface area contributed by atoms with Gasteiger partial charge in [-0.15, -0.1) is 0 Å². The summed E-state index contributed by atoms with van der Waals surface area (Å²) in [6.07, 6.45) is 5.95. The number of aryl methyl sites for hydroxylation is 1. The van der Waals surface area contributed by atoms with Crippen molar-refractivity contribution in [1.82, 2.24) is 14.9 Å². The van der Waals surface area contributed by atoms with Crippen LogP contribution in [0.25, 0.3) is 11.0 Å². The molecule has 1 aromatic heterocycles. The molecule has 2 fully saturated rings. The molecule has 1 saturated heterocycles. The molecule has 2 aliphatic rings. The molecule has 1 saturated carbocycles. The Morgan fingerprint density at radius 1 is 1.30 bits per heavy atom. The second kappa shape index (κ2) is 4.85. The Balaban J connectivity index is 1.64. The number of nitrogens with zero attached hydrogens (tertiary/aromatic N) is 2. The van der Waals surface area contributed by atoms with Crippen molar-refractivity contribution in [3.63, 3.8) is 0 Å². The van der Waals surface area contributed by atoms with E-state index in [2.05, 4.69) is 9.88 Å². The fourth-order valence-electron chi connectivity index (χ4n) is 3.33. The van der Waals surface area contributed by atoms with Crippen molar-refractivity contribution in [2.24, 2.45) is 5.92 Å². The van der Waals surface area contributed by atoms with E-state index in [0.717, 1.165) is 42.3 Å². The van der Waals surface area contributed by atoms with Crippen LogP contribution in [0.2, 0.25) is 0 Å². The van der Waals surface area contributed by atoms with E-state index in [-0.39, 0.29) is 5.82 Å². The number of imidazole rings is 1. The first kappa shape index (κ1) is 12.3. The van der Waals surface area contributed by atoms with E-state index in [9.17, 15) is 4.39 Å². The molecule has 0 amide bonds. The highest BCUT2D eigenvalue weighted by Gasteiger charge is 2.28. The Bertz CT molecular complexity index is 624. The molecule has 106 valence electrons. The van der Waals surface area contributed by atoms with Crippen LogP contribution in [-0.4, -0.2) is 22.6 Å². The van der Waals surface area contributed by atoms with Gasteiger partial charge in [0, 0.05) is 18.5 Å². The van der Waals surface area contributed by atoms with Gasteiger partial charge in [0.05, 0.1) is 11.0 Å². The van der Waals surface area contributed by atoms with E-state index >= 15 is 0 Å². The molecule has 0 bridgehead atoms. The van der Waals surface area contributed by atoms with E-state index in [1.54, 1.807) is 12.1 Å². The first-order valence-electron chi connectivity index (χ1n) is 7.68. The number of aromatic nitrogens is 2. The van der Waals surface area contributed by atoms with Crippen molar-refractivity contribution >= 4 is 11.0 Å². The van der Waals surface area contributed by atoms with Crippen molar-refractivity contribution in [2.45, 2.75) is 38.1 Å². The van der Waals surface area contributed by atoms with Gasteiger partial charge in [-0.05, 0) is 56.8 Å². The molecular weight excluding hydrogens is 253 g/mol. The Labute approximate surface area is 118 Å². The second-order valence-electron chi connectivity index (χ2n) is 6.16. The number of nitrogens with one attached hydrogen (secondary N) is 1. The van der Waals surface area contributed by atoms with Gasteiger partial charge >= 0.3 is 0 Å². The summed E-state index contributed by atoms with van der Waals surface area (Å²) in [5, 5.41) is 3.42. The normalized spacial score (nSPS) is 22.8. The van der Waals surface area contributed by atoms with Crippen LogP contribution in [0.3, 0.4) is 0 Å². The molecule has 1 aromatic carbocycles. The monoisotopic (exact) mass is 273 g/mol. The average molecular weight is 273 g/mol. The lowest BCUT2D eigenvalue weighted by Crippen LogP contribution is -2.11. The van der Waals surface area contributed by atoms with Crippen molar-refractivity contribution in [1.29, 1.82) is 0 Å². The van der Waals surface area contributed by atoms with Gasteiger partial charge in [0.15, 0.2) is 0 Å². The van der Waals surface area contributed by atoms with E-state index in [0.29, 0.717) is 6.04 Å². The van der Waals surface area contributed by atoms with Gasteiger partial charge in [-0.1, -0.05) is 0 Å². The summed E-state index contributed by atoms with van der Waals surface area (Å²) in [5.41, 5.74) is 1.92. The molecule has 1 unspecified atom stereocenters. The summed E-state index contributed by atoms with van der Waals surface area (Å²) in [6, 6.07) is 5.60. The molecular formula is C16H20FN3. The van der Waals surface area contributed by atoms with Crippen LogP contribution < -0.4 is 5.32 Å². The molecule has 3 nitrogen and oxygen atoms in total. The van der Waals surface area contributed by atoms with E-state index < -0.39 is 0 Å². The third kappa shape index (κ3) is 2.22.